The van der Waals surface area contributed by atoms with Crippen LogP contribution in [-0.2, 0) is 21.3 Å². The van der Waals surface area contributed by atoms with Gasteiger partial charge in [-0.2, -0.15) is 0 Å². The van der Waals surface area contributed by atoms with E-state index in [1.54, 1.807) is 6.07 Å². The highest BCUT2D eigenvalue weighted by atomic mass is 32.2. The third-order valence-electron chi connectivity index (χ3n) is 3.47. The van der Waals surface area contributed by atoms with Crippen molar-refractivity contribution in [2.24, 2.45) is 0 Å². The third kappa shape index (κ3) is 3.79. The van der Waals surface area contributed by atoms with Crippen molar-refractivity contribution >= 4 is 21.4 Å². The van der Waals surface area contributed by atoms with E-state index >= 15 is 0 Å². The van der Waals surface area contributed by atoms with E-state index in [0.717, 1.165) is 24.3 Å². The summed E-state index contributed by atoms with van der Waals surface area (Å²) in [5.41, 5.74) is -0.370. The Hall–Kier alpha value is -0.470. The lowest BCUT2D eigenvalue weighted by atomic mass is 10.0. The molecule has 0 aromatic carbocycles. The molecule has 2 N–H and O–H groups in total. The molecular weight excluding hydrogens is 296 g/mol. The first-order valence-corrected chi connectivity index (χ1v) is 9.24. The van der Waals surface area contributed by atoms with Gasteiger partial charge in [0.05, 0.1) is 10.5 Å². The molecule has 2 heterocycles. The lowest BCUT2D eigenvalue weighted by molar-refractivity contribution is 0.0250. The van der Waals surface area contributed by atoms with Crippen LogP contribution >= 0.6 is 11.3 Å². The van der Waals surface area contributed by atoms with E-state index in [9.17, 15) is 8.42 Å². The fourth-order valence-corrected chi connectivity index (χ4v) is 4.80. The monoisotopic (exact) mass is 318 g/mol. The Balaban J connectivity index is 2.04. The standard InChI is InChI=1S/C13H22N2O3S2/c1-3-14-9-11-12(5-8-19-11)20(16,17)15-10-13(2)6-4-7-18-13/h5,8,14-15H,3-4,6-7,9-10H2,1-2H3. The molecule has 0 bridgehead atoms. The molecule has 1 fully saturated rings. The second-order valence-electron chi connectivity index (χ2n) is 5.21. The van der Waals surface area contributed by atoms with Gasteiger partial charge in [-0.05, 0) is 37.8 Å². The summed E-state index contributed by atoms with van der Waals surface area (Å²) in [5.74, 6) is 0. The summed E-state index contributed by atoms with van der Waals surface area (Å²) in [7, 11) is -3.46. The maximum absolute atomic E-state index is 12.4. The van der Waals surface area contributed by atoms with E-state index in [1.807, 2.05) is 19.2 Å². The molecule has 1 aromatic heterocycles. The molecule has 1 atom stereocenters. The molecule has 2 rings (SSSR count). The number of hydrogen-bond donors (Lipinski definition) is 2. The molecule has 0 amide bonds. The zero-order chi connectivity index (χ0) is 14.6. The number of thiophene rings is 1. The minimum atomic E-state index is -3.46. The minimum Gasteiger partial charge on any atom is -0.374 e. The molecule has 1 unspecified atom stereocenters. The molecule has 1 aliphatic heterocycles. The minimum absolute atomic E-state index is 0.325. The van der Waals surface area contributed by atoms with Gasteiger partial charge in [-0.1, -0.05) is 6.92 Å². The first-order chi connectivity index (χ1) is 9.47. The average Bonchev–Trinajstić information content (AvgIpc) is 3.04. The SMILES string of the molecule is CCNCc1sccc1S(=O)(=O)NCC1(C)CCCO1. The Bertz CT molecular complexity index is 534. The second kappa shape index (κ2) is 6.53. The van der Waals surface area contributed by atoms with E-state index in [1.165, 1.54) is 11.3 Å². The van der Waals surface area contributed by atoms with Crippen LogP contribution in [0.2, 0.25) is 0 Å². The number of nitrogens with one attached hydrogen (secondary N) is 2. The zero-order valence-electron chi connectivity index (χ0n) is 11.9. The van der Waals surface area contributed by atoms with E-state index in [-0.39, 0.29) is 5.60 Å². The smallest absolute Gasteiger partial charge is 0.241 e. The van der Waals surface area contributed by atoms with Crippen LogP contribution in [0.25, 0.3) is 0 Å². The summed E-state index contributed by atoms with van der Waals surface area (Å²) in [6.07, 6.45) is 1.88. The first-order valence-electron chi connectivity index (χ1n) is 6.87. The van der Waals surface area contributed by atoms with Gasteiger partial charge in [0, 0.05) is 24.6 Å². The summed E-state index contributed by atoms with van der Waals surface area (Å²) in [6.45, 7) is 6.39. The van der Waals surface area contributed by atoms with Gasteiger partial charge >= 0.3 is 0 Å². The average molecular weight is 318 g/mol. The normalized spacial score (nSPS) is 23.3. The Morgan fingerprint density at radius 1 is 1.50 bits per heavy atom. The molecule has 114 valence electrons. The van der Waals surface area contributed by atoms with Crippen LogP contribution in [0.1, 0.15) is 31.6 Å². The molecule has 1 aromatic rings. The highest BCUT2D eigenvalue weighted by Gasteiger charge is 2.32. The molecule has 0 aliphatic carbocycles. The summed E-state index contributed by atoms with van der Waals surface area (Å²) >= 11 is 1.46. The lowest BCUT2D eigenvalue weighted by Gasteiger charge is -2.23. The van der Waals surface area contributed by atoms with Crippen molar-refractivity contribution in [2.45, 2.75) is 43.7 Å². The Kier molecular flexibility index (Phi) is 5.19. The molecular formula is C13H22N2O3S2. The Labute approximate surface area is 124 Å². The van der Waals surface area contributed by atoms with Gasteiger partial charge in [-0.15, -0.1) is 11.3 Å². The summed E-state index contributed by atoms with van der Waals surface area (Å²) in [6, 6.07) is 1.66. The molecule has 0 radical (unpaired) electrons. The number of rotatable bonds is 7. The Morgan fingerprint density at radius 2 is 2.30 bits per heavy atom. The van der Waals surface area contributed by atoms with Crippen molar-refractivity contribution < 1.29 is 13.2 Å². The van der Waals surface area contributed by atoms with Crippen LogP contribution in [-0.4, -0.2) is 33.7 Å². The van der Waals surface area contributed by atoms with Crippen molar-refractivity contribution in [2.75, 3.05) is 19.7 Å². The number of sulfonamides is 1. The van der Waals surface area contributed by atoms with Crippen molar-refractivity contribution in [3.8, 4) is 0 Å². The van der Waals surface area contributed by atoms with E-state index in [2.05, 4.69) is 10.0 Å². The molecule has 20 heavy (non-hydrogen) atoms. The van der Waals surface area contributed by atoms with Crippen molar-refractivity contribution in [1.29, 1.82) is 0 Å². The van der Waals surface area contributed by atoms with Gasteiger partial charge in [-0.3, -0.25) is 0 Å². The van der Waals surface area contributed by atoms with Crippen LogP contribution in [0.3, 0.4) is 0 Å². The van der Waals surface area contributed by atoms with Crippen LogP contribution in [0.5, 0.6) is 0 Å². The highest BCUT2D eigenvalue weighted by Crippen LogP contribution is 2.26. The summed E-state index contributed by atoms with van der Waals surface area (Å²) in [5, 5.41) is 4.98. The molecule has 1 saturated heterocycles. The molecule has 1 aliphatic rings. The predicted molar refractivity (Wildman–Crippen MR) is 80.5 cm³/mol. The second-order valence-corrected chi connectivity index (χ2v) is 7.95. The highest BCUT2D eigenvalue weighted by molar-refractivity contribution is 7.89. The van der Waals surface area contributed by atoms with E-state index < -0.39 is 10.0 Å². The first kappa shape index (κ1) is 15.9. The summed E-state index contributed by atoms with van der Waals surface area (Å²) < 4.78 is 33.1. The lowest BCUT2D eigenvalue weighted by Crippen LogP contribution is -2.40. The fraction of sp³-hybridized carbons (Fsp3) is 0.692. The van der Waals surface area contributed by atoms with Crippen molar-refractivity contribution in [1.82, 2.24) is 10.0 Å². The quantitative estimate of drug-likeness (QED) is 0.803. The van der Waals surface area contributed by atoms with Crippen LogP contribution < -0.4 is 10.0 Å². The maximum Gasteiger partial charge on any atom is 0.241 e. The van der Waals surface area contributed by atoms with Crippen molar-refractivity contribution in [3.63, 3.8) is 0 Å². The fourth-order valence-electron chi connectivity index (χ4n) is 2.24. The third-order valence-corrected chi connectivity index (χ3v) is 6.00. The topological polar surface area (TPSA) is 67.4 Å². The molecule has 7 heteroatoms. The van der Waals surface area contributed by atoms with E-state index in [4.69, 9.17) is 4.74 Å². The van der Waals surface area contributed by atoms with Gasteiger partial charge < -0.3 is 10.1 Å². The Morgan fingerprint density at radius 3 is 2.95 bits per heavy atom. The van der Waals surface area contributed by atoms with Crippen LogP contribution in [0, 0.1) is 0 Å². The zero-order valence-corrected chi connectivity index (χ0v) is 13.6. The van der Waals surface area contributed by atoms with Crippen LogP contribution in [0.4, 0.5) is 0 Å². The van der Waals surface area contributed by atoms with Crippen LogP contribution in [0.15, 0.2) is 16.3 Å². The van der Waals surface area contributed by atoms with Gasteiger partial charge in [-0.25, -0.2) is 13.1 Å². The van der Waals surface area contributed by atoms with Gasteiger partial charge in [0.2, 0.25) is 10.0 Å². The number of ether oxygens (including phenoxy) is 1. The van der Waals surface area contributed by atoms with Gasteiger partial charge in [0.25, 0.3) is 0 Å². The van der Waals surface area contributed by atoms with Gasteiger partial charge in [0.1, 0.15) is 0 Å². The van der Waals surface area contributed by atoms with E-state index in [0.29, 0.717) is 24.6 Å². The number of hydrogen-bond acceptors (Lipinski definition) is 5. The predicted octanol–water partition coefficient (Wildman–Crippen LogP) is 1.70. The summed E-state index contributed by atoms with van der Waals surface area (Å²) in [4.78, 5) is 1.22. The molecule has 0 saturated carbocycles. The molecule has 5 nitrogen and oxygen atoms in total. The largest absolute Gasteiger partial charge is 0.374 e. The van der Waals surface area contributed by atoms with Crippen molar-refractivity contribution in [3.05, 3.63) is 16.3 Å². The molecule has 0 spiro atoms. The maximum atomic E-state index is 12.4. The van der Waals surface area contributed by atoms with Gasteiger partial charge in [0.15, 0.2) is 0 Å².